The molecule has 2 aromatic carbocycles. The van der Waals surface area contributed by atoms with Crippen molar-refractivity contribution in [2.24, 2.45) is 4.99 Å². The van der Waals surface area contributed by atoms with Gasteiger partial charge in [0.1, 0.15) is 0 Å². The van der Waals surface area contributed by atoms with Crippen LogP contribution in [0.25, 0.3) is 0 Å². The third-order valence-corrected chi connectivity index (χ3v) is 3.55. The molecule has 20 heavy (non-hydrogen) atoms. The molecular formula is C14H8Br2NO3-. The Morgan fingerprint density at radius 1 is 1.20 bits per heavy atom. The van der Waals surface area contributed by atoms with Gasteiger partial charge in [0.25, 0.3) is 0 Å². The van der Waals surface area contributed by atoms with Gasteiger partial charge < -0.3 is 10.2 Å². The van der Waals surface area contributed by atoms with Crippen molar-refractivity contribution < 1.29 is 15.0 Å². The molecule has 0 saturated heterocycles. The van der Waals surface area contributed by atoms with Crippen molar-refractivity contribution in [3.63, 3.8) is 0 Å². The van der Waals surface area contributed by atoms with Gasteiger partial charge in [-0.1, -0.05) is 37.6 Å². The Morgan fingerprint density at radius 3 is 2.45 bits per heavy atom. The largest absolute Gasteiger partial charge is 0.871 e. The number of hydrogen-bond donors (Lipinski definition) is 1. The fraction of sp³-hybridized carbons (Fsp3) is 0. The Kier molecular flexibility index (Phi) is 4.57. The molecule has 0 aliphatic carbocycles. The number of halogens is 2. The van der Waals surface area contributed by atoms with Crippen molar-refractivity contribution in [1.82, 2.24) is 0 Å². The van der Waals surface area contributed by atoms with Crippen LogP contribution < -0.4 is 5.11 Å². The van der Waals surface area contributed by atoms with Gasteiger partial charge in [-0.2, -0.15) is 0 Å². The van der Waals surface area contributed by atoms with Gasteiger partial charge >= 0.3 is 5.97 Å². The zero-order valence-corrected chi connectivity index (χ0v) is 13.2. The van der Waals surface area contributed by atoms with Gasteiger partial charge in [-0.25, -0.2) is 4.79 Å². The van der Waals surface area contributed by atoms with E-state index in [0.717, 1.165) is 4.47 Å². The van der Waals surface area contributed by atoms with Gasteiger partial charge in [0.05, 0.1) is 11.3 Å². The summed E-state index contributed by atoms with van der Waals surface area (Å²) in [4.78, 5) is 14.9. The Morgan fingerprint density at radius 2 is 1.85 bits per heavy atom. The summed E-state index contributed by atoms with van der Waals surface area (Å²) in [5, 5.41) is 20.6. The van der Waals surface area contributed by atoms with E-state index in [0.29, 0.717) is 15.7 Å². The highest BCUT2D eigenvalue weighted by Crippen LogP contribution is 2.28. The first-order valence-corrected chi connectivity index (χ1v) is 7.09. The summed E-state index contributed by atoms with van der Waals surface area (Å²) in [6.45, 7) is 0. The van der Waals surface area contributed by atoms with E-state index in [1.54, 1.807) is 24.3 Å². The van der Waals surface area contributed by atoms with Gasteiger partial charge in [0.2, 0.25) is 0 Å². The summed E-state index contributed by atoms with van der Waals surface area (Å²) in [5.74, 6) is -1.14. The van der Waals surface area contributed by atoms with Crippen molar-refractivity contribution in [3.05, 3.63) is 56.5 Å². The average molecular weight is 398 g/mol. The molecule has 2 rings (SSSR count). The molecule has 0 spiro atoms. The molecule has 0 aliphatic rings. The van der Waals surface area contributed by atoms with Crippen molar-refractivity contribution in [2.75, 3.05) is 0 Å². The molecule has 6 heteroatoms. The zero-order valence-electron chi connectivity index (χ0n) is 10.0. The highest BCUT2D eigenvalue weighted by atomic mass is 79.9. The standard InChI is InChI=1S/C14H9Br2NO3/c15-10-5-9(13(18)12(16)6-10)7-17-11-3-1-8(2-4-11)14(19)20/h1-7,18H,(H,19,20)/p-1. The van der Waals surface area contributed by atoms with Crippen LogP contribution in [0.3, 0.4) is 0 Å². The monoisotopic (exact) mass is 396 g/mol. The summed E-state index contributed by atoms with van der Waals surface area (Å²) >= 11 is 6.48. The number of rotatable bonds is 3. The maximum atomic E-state index is 11.8. The predicted molar refractivity (Wildman–Crippen MR) is 81.9 cm³/mol. The average Bonchev–Trinajstić information content (AvgIpc) is 2.41. The minimum absolute atomic E-state index is 0.154. The fourth-order valence-corrected chi connectivity index (χ4v) is 2.77. The van der Waals surface area contributed by atoms with E-state index in [-0.39, 0.29) is 11.3 Å². The minimum Gasteiger partial charge on any atom is -0.871 e. The van der Waals surface area contributed by atoms with E-state index in [4.69, 9.17) is 5.11 Å². The molecular weight excluding hydrogens is 390 g/mol. The number of carboxylic acids is 1. The Labute approximate surface area is 132 Å². The van der Waals surface area contributed by atoms with Crippen LogP contribution in [0, 0.1) is 0 Å². The third-order valence-electron chi connectivity index (χ3n) is 2.50. The second-order valence-corrected chi connectivity index (χ2v) is 5.69. The molecule has 0 aromatic heterocycles. The van der Waals surface area contributed by atoms with Crippen molar-refractivity contribution in [2.45, 2.75) is 0 Å². The first kappa shape index (κ1) is 14.7. The summed E-state index contributed by atoms with van der Waals surface area (Å²) in [5.41, 5.74) is 1.21. The highest BCUT2D eigenvalue weighted by Gasteiger charge is 2.01. The van der Waals surface area contributed by atoms with Crippen LogP contribution in [0.4, 0.5) is 5.69 Å². The predicted octanol–water partition coefficient (Wildman–Crippen LogP) is 3.73. The number of aliphatic imine (C=N–C) groups is 1. The Balaban J connectivity index is 2.27. The molecule has 0 atom stereocenters. The SMILES string of the molecule is O=C(O)c1ccc(N=Cc2cc(Br)cc(Br)c2[O-])cc1. The molecule has 0 unspecified atom stereocenters. The first-order valence-electron chi connectivity index (χ1n) is 5.51. The van der Waals surface area contributed by atoms with Gasteiger partial charge in [-0.3, -0.25) is 4.99 Å². The van der Waals surface area contributed by atoms with Crippen LogP contribution in [-0.4, -0.2) is 17.3 Å². The topological polar surface area (TPSA) is 72.7 Å². The molecule has 2 aromatic rings. The van der Waals surface area contributed by atoms with Crippen molar-refractivity contribution in [1.29, 1.82) is 0 Å². The molecule has 4 nitrogen and oxygen atoms in total. The molecule has 1 N–H and O–H groups in total. The zero-order chi connectivity index (χ0) is 14.7. The summed E-state index contributed by atoms with van der Waals surface area (Å²) in [6.07, 6.45) is 1.45. The van der Waals surface area contributed by atoms with Gasteiger partial charge in [0.15, 0.2) is 0 Å². The lowest BCUT2D eigenvalue weighted by atomic mass is 10.2. The second kappa shape index (κ2) is 6.19. The van der Waals surface area contributed by atoms with Crippen LogP contribution in [0.15, 0.2) is 50.3 Å². The fourth-order valence-electron chi connectivity index (χ4n) is 1.51. The van der Waals surface area contributed by atoms with Gasteiger partial charge in [0, 0.05) is 15.2 Å². The van der Waals surface area contributed by atoms with Gasteiger partial charge in [-0.05, 0) is 42.0 Å². The van der Waals surface area contributed by atoms with E-state index in [9.17, 15) is 9.90 Å². The third kappa shape index (κ3) is 3.46. The van der Waals surface area contributed by atoms with E-state index < -0.39 is 5.97 Å². The van der Waals surface area contributed by atoms with E-state index in [1.165, 1.54) is 18.3 Å². The lowest BCUT2D eigenvalue weighted by Gasteiger charge is -2.13. The van der Waals surface area contributed by atoms with Crippen molar-refractivity contribution in [3.8, 4) is 5.75 Å². The van der Waals surface area contributed by atoms with E-state index in [2.05, 4.69) is 36.9 Å². The summed E-state index contributed by atoms with van der Waals surface area (Å²) in [6, 6.07) is 9.42. The lowest BCUT2D eigenvalue weighted by Crippen LogP contribution is -1.97. The number of carbonyl (C=O) groups is 1. The molecule has 102 valence electrons. The molecule has 0 heterocycles. The van der Waals surface area contributed by atoms with E-state index in [1.807, 2.05) is 0 Å². The first-order chi connectivity index (χ1) is 9.47. The number of hydrogen-bond acceptors (Lipinski definition) is 3. The van der Waals surface area contributed by atoms with Crippen LogP contribution in [0.5, 0.6) is 5.75 Å². The van der Waals surface area contributed by atoms with E-state index >= 15 is 0 Å². The summed E-state index contributed by atoms with van der Waals surface area (Å²) < 4.78 is 1.22. The Hall–Kier alpha value is -1.66. The molecule has 0 bridgehead atoms. The normalized spacial score (nSPS) is 10.9. The Bertz CT molecular complexity index is 682. The molecule has 0 fully saturated rings. The molecule has 0 aliphatic heterocycles. The molecule has 0 radical (unpaired) electrons. The maximum Gasteiger partial charge on any atom is 0.335 e. The number of aromatic carboxylic acids is 1. The smallest absolute Gasteiger partial charge is 0.335 e. The van der Waals surface area contributed by atoms with Crippen LogP contribution >= 0.6 is 31.9 Å². The minimum atomic E-state index is -0.988. The van der Waals surface area contributed by atoms with Crippen LogP contribution in [0.1, 0.15) is 15.9 Å². The van der Waals surface area contributed by atoms with Gasteiger partial charge in [-0.15, -0.1) is 0 Å². The maximum absolute atomic E-state index is 11.8. The number of carboxylic acid groups (broad SMARTS) is 1. The van der Waals surface area contributed by atoms with Crippen LogP contribution in [-0.2, 0) is 0 Å². The quantitative estimate of drug-likeness (QED) is 0.802. The second-order valence-electron chi connectivity index (χ2n) is 3.92. The number of nitrogens with zero attached hydrogens (tertiary/aromatic N) is 1. The number of benzene rings is 2. The molecule has 0 saturated carbocycles. The van der Waals surface area contributed by atoms with Crippen molar-refractivity contribution >= 4 is 49.7 Å². The summed E-state index contributed by atoms with van der Waals surface area (Å²) in [7, 11) is 0. The highest BCUT2D eigenvalue weighted by molar-refractivity contribution is 9.11. The van der Waals surface area contributed by atoms with Crippen LogP contribution in [0.2, 0.25) is 0 Å². The molecule has 0 amide bonds. The lowest BCUT2D eigenvalue weighted by molar-refractivity contribution is -0.269.